The van der Waals surface area contributed by atoms with Crippen molar-refractivity contribution in [1.29, 1.82) is 0 Å². The SMILES string of the molecule is Cc1cc(-c2cc(Cl)ccc2Cl)c(C)cc1C=O. The van der Waals surface area contributed by atoms with Crippen molar-refractivity contribution < 1.29 is 4.79 Å². The smallest absolute Gasteiger partial charge is 0.150 e. The summed E-state index contributed by atoms with van der Waals surface area (Å²) in [7, 11) is 0. The molecule has 0 spiro atoms. The number of hydrogen-bond acceptors (Lipinski definition) is 1. The van der Waals surface area contributed by atoms with Crippen molar-refractivity contribution >= 4 is 29.5 Å². The summed E-state index contributed by atoms with van der Waals surface area (Å²) in [6.07, 6.45) is 0.867. The number of halogens is 2. The average molecular weight is 279 g/mol. The van der Waals surface area contributed by atoms with Gasteiger partial charge in [-0.3, -0.25) is 4.79 Å². The summed E-state index contributed by atoms with van der Waals surface area (Å²) in [4.78, 5) is 10.9. The summed E-state index contributed by atoms with van der Waals surface area (Å²) in [5.74, 6) is 0. The third-order valence-electron chi connectivity index (χ3n) is 2.96. The molecule has 0 unspecified atom stereocenters. The molecule has 0 saturated carbocycles. The Hall–Kier alpha value is -1.31. The molecule has 3 heteroatoms. The molecule has 2 rings (SSSR count). The molecule has 0 fully saturated rings. The van der Waals surface area contributed by atoms with Gasteiger partial charge >= 0.3 is 0 Å². The molecule has 0 saturated heterocycles. The third kappa shape index (κ3) is 2.43. The van der Waals surface area contributed by atoms with Crippen molar-refractivity contribution in [2.24, 2.45) is 0 Å². The Bertz CT molecular complexity index is 618. The van der Waals surface area contributed by atoms with Crippen molar-refractivity contribution in [3.05, 3.63) is 57.1 Å². The second-order valence-electron chi connectivity index (χ2n) is 4.27. The van der Waals surface area contributed by atoms with Crippen molar-refractivity contribution in [3.63, 3.8) is 0 Å². The Kier molecular flexibility index (Phi) is 3.74. The maximum Gasteiger partial charge on any atom is 0.150 e. The molecule has 0 radical (unpaired) electrons. The highest BCUT2D eigenvalue weighted by molar-refractivity contribution is 6.35. The van der Waals surface area contributed by atoms with E-state index in [1.165, 1.54) is 0 Å². The maximum atomic E-state index is 10.9. The van der Waals surface area contributed by atoms with Gasteiger partial charge in [-0.15, -0.1) is 0 Å². The van der Waals surface area contributed by atoms with Gasteiger partial charge in [0.25, 0.3) is 0 Å². The lowest BCUT2D eigenvalue weighted by Crippen LogP contribution is -1.92. The van der Waals surface area contributed by atoms with E-state index in [0.717, 1.165) is 28.5 Å². The van der Waals surface area contributed by atoms with E-state index >= 15 is 0 Å². The monoisotopic (exact) mass is 278 g/mol. The normalized spacial score (nSPS) is 10.4. The van der Waals surface area contributed by atoms with Crippen LogP contribution in [0.4, 0.5) is 0 Å². The van der Waals surface area contributed by atoms with Gasteiger partial charge in [0.1, 0.15) is 6.29 Å². The highest BCUT2D eigenvalue weighted by Crippen LogP contribution is 2.33. The zero-order valence-electron chi connectivity index (χ0n) is 10.1. The lowest BCUT2D eigenvalue weighted by molar-refractivity contribution is 0.112. The summed E-state index contributed by atoms with van der Waals surface area (Å²) >= 11 is 12.2. The molecular weight excluding hydrogens is 267 g/mol. The van der Waals surface area contributed by atoms with E-state index in [1.807, 2.05) is 32.0 Å². The summed E-state index contributed by atoms with van der Waals surface area (Å²) in [6.45, 7) is 3.87. The third-order valence-corrected chi connectivity index (χ3v) is 3.52. The standard InChI is InChI=1S/C15H12Cl2O/c1-9-6-13(10(2)5-11(9)8-18)14-7-12(16)3-4-15(14)17/h3-8H,1-2H3. The van der Waals surface area contributed by atoms with E-state index in [1.54, 1.807) is 12.1 Å². The van der Waals surface area contributed by atoms with Crippen LogP contribution in [0.5, 0.6) is 0 Å². The van der Waals surface area contributed by atoms with Gasteiger partial charge in [0.2, 0.25) is 0 Å². The van der Waals surface area contributed by atoms with Gasteiger partial charge in [-0.2, -0.15) is 0 Å². The van der Waals surface area contributed by atoms with Crippen LogP contribution in [-0.4, -0.2) is 6.29 Å². The first-order valence-corrected chi connectivity index (χ1v) is 6.30. The Labute approximate surface area is 116 Å². The quantitative estimate of drug-likeness (QED) is 0.700. The highest BCUT2D eigenvalue weighted by Gasteiger charge is 2.10. The summed E-state index contributed by atoms with van der Waals surface area (Å²) in [5, 5.41) is 1.30. The van der Waals surface area contributed by atoms with Crippen LogP contribution in [0.25, 0.3) is 11.1 Å². The Balaban J connectivity index is 2.67. The van der Waals surface area contributed by atoms with Crippen LogP contribution < -0.4 is 0 Å². The van der Waals surface area contributed by atoms with Gasteiger partial charge in [-0.25, -0.2) is 0 Å². The summed E-state index contributed by atoms with van der Waals surface area (Å²) < 4.78 is 0. The van der Waals surface area contributed by atoms with E-state index in [2.05, 4.69) is 0 Å². The molecule has 0 atom stereocenters. The van der Waals surface area contributed by atoms with Crippen molar-refractivity contribution in [2.45, 2.75) is 13.8 Å². The summed E-state index contributed by atoms with van der Waals surface area (Å²) in [5.41, 5.74) is 4.54. The first kappa shape index (κ1) is 13.1. The first-order chi connectivity index (χ1) is 8.52. The predicted molar refractivity (Wildman–Crippen MR) is 76.8 cm³/mol. The van der Waals surface area contributed by atoms with Crippen LogP contribution in [0.3, 0.4) is 0 Å². The molecule has 0 bridgehead atoms. The molecule has 2 aromatic rings. The molecule has 0 aromatic heterocycles. The van der Waals surface area contributed by atoms with Crippen LogP contribution in [0.2, 0.25) is 10.0 Å². The van der Waals surface area contributed by atoms with Crippen molar-refractivity contribution in [3.8, 4) is 11.1 Å². The Morgan fingerprint density at radius 2 is 1.67 bits per heavy atom. The molecular formula is C15H12Cl2O. The Morgan fingerprint density at radius 3 is 2.33 bits per heavy atom. The largest absolute Gasteiger partial charge is 0.298 e. The molecule has 0 aliphatic heterocycles. The lowest BCUT2D eigenvalue weighted by atomic mass is 9.95. The number of aryl methyl sites for hydroxylation is 2. The number of carbonyl (C=O) groups is 1. The topological polar surface area (TPSA) is 17.1 Å². The van der Waals surface area contributed by atoms with Crippen LogP contribution in [0.15, 0.2) is 30.3 Å². The minimum Gasteiger partial charge on any atom is -0.298 e. The fraction of sp³-hybridized carbons (Fsp3) is 0.133. The van der Waals surface area contributed by atoms with Crippen LogP contribution in [0.1, 0.15) is 21.5 Å². The predicted octanol–water partition coefficient (Wildman–Crippen LogP) is 5.09. The second-order valence-corrected chi connectivity index (χ2v) is 5.11. The fourth-order valence-corrected chi connectivity index (χ4v) is 2.35. The number of aldehydes is 1. The maximum absolute atomic E-state index is 10.9. The molecule has 92 valence electrons. The highest BCUT2D eigenvalue weighted by atomic mass is 35.5. The van der Waals surface area contributed by atoms with Gasteiger partial charge in [0.05, 0.1) is 0 Å². The van der Waals surface area contributed by atoms with Crippen molar-refractivity contribution in [1.82, 2.24) is 0 Å². The van der Waals surface area contributed by atoms with E-state index in [-0.39, 0.29) is 0 Å². The number of benzene rings is 2. The number of carbonyl (C=O) groups excluding carboxylic acids is 1. The zero-order chi connectivity index (χ0) is 13.3. The molecule has 0 aliphatic carbocycles. The van der Waals surface area contributed by atoms with Gasteiger partial charge in [-0.05, 0) is 54.8 Å². The average Bonchev–Trinajstić information content (AvgIpc) is 2.35. The van der Waals surface area contributed by atoms with Gasteiger partial charge in [-0.1, -0.05) is 29.3 Å². The van der Waals surface area contributed by atoms with Crippen molar-refractivity contribution in [2.75, 3.05) is 0 Å². The Morgan fingerprint density at radius 1 is 0.944 bits per heavy atom. The van der Waals surface area contributed by atoms with E-state index in [4.69, 9.17) is 23.2 Å². The lowest BCUT2D eigenvalue weighted by Gasteiger charge is -2.11. The molecule has 0 N–H and O–H groups in total. The molecule has 1 nitrogen and oxygen atoms in total. The van der Waals surface area contributed by atoms with Crippen LogP contribution in [0, 0.1) is 13.8 Å². The second kappa shape index (κ2) is 5.13. The molecule has 2 aromatic carbocycles. The first-order valence-electron chi connectivity index (χ1n) is 5.55. The number of rotatable bonds is 2. The fourth-order valence-electron chi connectivity index (χ4n) is 1.96. The van der Waals surface area contributed by atoms with Crippen LogP contribution in [-0.2, 0) is 0 Å². The summed E-state index contributed by atoms with van der Waals surface area (Å²) in [6, 6.07) is 9.22. The van der Waals surface area contributed by atoms with Gasteiger partial charge < -0.3 is 0 Å². The van der Waals surface area contributed by atoms with Gasteiger partial charge in [0, 0.05) is 21.2 Å². The van der Waals surface area contributed by atoms with E-state index in [9.17, 15) is 4.79 Å². The van der Waals surface area contributed by atoms with Crippen LogP contribution >= 0.6 is 23.2 Å². The van der Waals surface area contributed by atoms with E-state index in [0.29, 0.717) is 15.6 Å². The molecule has 18 heavy (non-hydrogen) atoms. The minimum absolute atomic E-state index is 0.644. The molecule has 0 heterocycles. The molecule has 0 amide bonds. The number of hydrogen-bond donors (Lipinski definition) is 0. The van der Waals surface area contributed by atoms with Gasteiger partial charge in [0.15, 0.2) is 0 Å². The van der Waals surface area contributed by atoms with E-state index < -0.39 is 0 Å². The molecule has 0 aliphatic rings. The minimum atomic E-state index is 0.644. The zero-order valence-corrected chi connectivity index (χ0v) is 11.6.